The summed E-state index contributed by atoms with van der Waals surface area (Å²) >= 11 is 0. The van der Waals surface area contributed by atoms with Crippen LogP contribution in [0, 0.1) is 4.91 Å². The van der Waals surface area contributed by atoms with Gasteiger partial charge in [0.25, 0.3) is 0 Å². The first kappa shape index (κ1) is 12.9. The van der Waals surface area contributed by atoms with Crippen LogP contribution in [0.15, 0.2) is 18.3 Å². The Morgan fingerprint density at radius 1 is 1.38 bits per heavy atom. The van der Waals surface area contributed by atoms with Crippen LogP contribution < -0.4 is 10.2 Å². The maximum atomic E-state index is 11.0. The van der Waals surface area contributed by atoms with Crippen LogP contribution >= 0.6 is 12.4 Å². The van der Waals surface area contributed by atoms with E-state index in [2.05, 4.69) is 15.2 Å². The molecule has 0 amide bonds. The minimum absolute atomic E-state index is 0. The average molecular weight is 244 g/mol. The molecule has 0 radical (unpaired) electrons. The number of halogens is 1. The molecular weight excluding hydrogens is 228 g/mol. The average Bonchev–Trinajstić information content (AvgIpc) is 2.30. The number of anilines is 1. The van der Waals surface area contributed by atoms with Crippen molar-refractivity contribution in [2.45, 2.75) is 0 Å². The molecule has 0 saturated carbocycles. The molecule has 88 valence electrons. The number of nitrogens with one attached hydrogen (secondary N) is 1. The zero-order chi connectivity index (χ0) is 10.7. The molecule has 0 spiro atoms. The van der Waals surface area contributed by atoms with Crippen molar-refractivity contribution in [3.05, 3.63) is 23.2 Å². The largest absolute Gasteiger partial charge is 0.366 e. The lowest BCUT2D eigenvalue weighted by molar-refractivity contribution is -0.432. The Morgan fingerprint density at radius 3 is 2.56 bits per heavy atom. The Labute approximate surface area is 101 Å². The number of hydrogen-bond donors (Lipinski definition) is 1. The quantitative estimate of drug-likeness (QED) is 0.786. The van der Waals surface area contributed by atoms with Crippen LogP contribution in [0.5, 0.6) is 0 Å². The highest BCUT2D eigenvalue weighted by molar-refractivity contribution is 5.85. The van der Waals surface area contributed by atoms with Crippen molar-refractivity contribution in [2.75, 3.05) is 38.1 Å². The Kier molecular flexibility index (Phi) is 4.64. The lowest BCUT2D eigenvalue weighted by atomic mass is 10.3. The van der Waals surface area contributed by atoms with E-state index in [1.54, 1.807) is 12.3 Å². The Morgan fingerprint density at radius 2 is 2.06 bits per heavy atom. The van der Waals surface area contributed by atoms with E-state index in [0.717, 1.165) is 36.6 Å². The van der Waals surface area contributed by atoms with Crippen LogP contribution in [0.1, 0.15) is 0 Å². The number of pyridine rings is 1. The fourth-order valence-corrected chi connectivity index (χ4v) is 1.67. The highest BCUT2D eigenvalue weighted by Gasteiger charge is 2.14. The molecule has 0 atom stereocenters. The van der Waals surface area contributed by atoms with Gasteiger partial charge in [-0.05, 0) is 15.8 Å². The predicted molar refractivity (Wildman–Crippen MR) is 65.8 cm³/mol. The first-order valence-corrected chi connectivity index (χ1v) is 5.10. The standard InChI is InChI=1S/C10H15N4O.ClH/c1-13(15)10-3-2-9(8-12-10)14-6-4-11-5-7-14;/h2-3,8,11H,4-7H2,1H3;1H/q+1;. The second-order valence-corrected chi connectivity index (χ2v) is 3.61. The van der Waals surface area contributed by atoms with Gasteiger partial charge in [-0.1, -0.05) is 4.91 Å². The van der Waals surface area contributed by atoms with Gasteiger partial charge in [0.2, 0.25) is 0 Å². The van der Waals surface area contributed by atoms with E-state index < -0.39 is 0 Å². The van der Waals surface area contributed by atoms with Crippen LogP contribution in [0.25, 0.3) is 0 Å². The van der Waals surface area contributed by atoms with Gasteiger partial charge in [-0.25, -0.2) is 0 Å². The van der Waals surface area contributed by atoms with Gasteiger partial charge in [0, 0.05) is 32.2 Å². The summed E-state index contributed by atoms with van der Waals surface area (Å²) in [5.41, 5.74) is 1.09. The van der Waals surface area contributed by atoms with E-state index in [9.17, 15) is 4.91 Å². The molecule has 0 aliphatic carbocycles. The van der Waals surface area contributed by atoms with E-state index in [-0.39, 0.29) is 12.4 Å². The van der Waals surface area contributed by atoms with E-state index in [1.165, 1.54) is 7.05 Å². The molecule has 1 fully saturated rings. The molecule has 6 heteroatoms. The van der Waals surface area contributed by atoms with E-state index in [4.69, 9.17) is 0 Å². The molecule has 1 N–H and O–H groups in total. The summed E-state index contributed by atoms with van der Waals surface area (Å²) in [7, 11) is 1.45. The smallest absolute Gasteiger partial charge is 0.360 e. The highest BCUT2D eigenvalue weighted by Crippen LogP contribution is 2.16. The fraction of sp³-hybridized carbons (Fsp3) is 0.500. The maximum absolute atomic E-state index is 11.0. The zero-order valence-corrected chi connectivity index (χ0v) is 10.0. The van der Waals surface area contributed by atoms with Gasteiger partial charge in [0.1, 0.15) is 7.05 Å². The lowest BCUT2D eigenvalue weighted by Gasteiger charge is -2.28. The molecule has 0 unspecified atom stereocenters. The number of nitroso groups, excluding NO2 is 1. The van der Waals surface area contributed by atoms with Crippen LogP contribution in [0.2, 0.25) is 0 Å². The summed E-state index contributed by atoms with van der Waals surface area (Å²) in [5, 5.41) is 3.29. The van der Waals surface area contributed by atoms with Crippen molar-refractivity contribution >= 4 is 23.9 Å². The summed E-state index contributed by atoms with van der Waals surface area (Å²) in [5.74, 6) is 0.453. The van der Waals surface area contributed by atoms with Gasteiger partial charge in [0.05, 0.1) is 5.69 Å². The minimum atomic E-state index is 0. The number of hydrogen-bond acceptors (Lipinski definition) is 4. The Balaban J connectivity index is 0.00000128. The van der Waals surface area contributed by atoms with Crippen molar-refractivity contribution in [1.29, 1.82) is 0 Å². The van der Waals surface area contributed by atoms with E-state index >= 15 is 0 Å². The summed E-state index contributed by atoms with van der Waals surface area (Å²) in [4.78, 5) is 17.3. The number of nitrogens with zero attached hydrogens (tertiary/aromatic N) is 3. The zero-order valence-electron chi connectivity index (χ0n) is 9.22. The summed E-state index contributed by atoms with van der Waals surface area (Å²) in [6.45, 7) is 3.99. The van der Waals surface area contributed by atoms with Gasteiger partial charge in [-0.2, -0.15) is 0 Å². The van der Waals surface area contributed by atoms with E-state index in [1.807, 2.05) is 6.07 Å². The topological polar surface area (TPSA) is 48.2 Å². The molecule has 1 saturated heterocycles. The molecule has 0 bridgehead atoms. The first-order valence-electron chi connectivity index (χ1n) is 5.10. The van der Waals surface area contributed by atoms with Gasteiger partial charge >= 0.3 is 5.82 Å². The number of rotatable bonds is 2. The lowest BCUT2D eigenvalue weighted by Crippen LogP contribution is -2.43. The Bertz CT molecular complexity index is 348. The van der Waals surface area contributed by atoms with Crippen LogP contribution in [-0.2, 0) is 0 Å². The Hall–Kier alpha value is -1.20. The third kappa shape index (κ3) is 2.90. The van der Waals surface area contributed by atoms with Crippen molar-refractivity contribution < 1.29 is 4.76 Å². The summed E-state index contributed by atoms with van der Waals surface area (Å²) < 4.78 is 0.765. The van der Waals surface area contributed by atoms with Gasteiger partial charge in [0.15, 0.2) is 6.20 Å². The molecule has 1 aromatic rings. The summed E-state index contributed by atoms with van der Waals surface area (Å²) in [6.07, 6.45) is 1.76. The number of aromatic nitrogens is 1. The molecule has 0 aromatic carbocycles. The molecule has 2 heterocycles. The van der Waals surface area contributed by atoms with Crippen molar-refractivity contribution in [3.8, 4) is 0 Å². The van der Waals surface area contributed by atoms with Crippen LogP contribution in [-0.4, -0.2) is 43.0 Å². The third-order valence-electron chi connectivity index (χ3n) is 2.54. The van der Waals surface area contributed by atoms with Crippen molar-refractivity contribution in [2.24, 2.45) is 0 Å². The highest BCUT2D eigenvalue weighted by atomic mass is 35.5. The second-order valence-electron chi connectivity index (χ2n) is 3.61. The minimum Gasteiger partial charge on any atom is -0.366 e. The van der Waals surface area contributed by atoms with Crippen LogP contribution in [0.3, 0.4) is 0 Å². The normalized spacial score (nSPS) is 15.4. The molecule has 16 heavy (non-hydrogen) atoms. The third-order valence-corrected chi connectivity index (χ3v) is 2.54. The molecule has 1 aliphatic heterocycles. The maximum Gasteiger partial charge on any atom is 0.360 e. The molecular formula is C10H16ClN4O+. The van der Waals surface area contributed by atoms with Crippen molar-refractivity contribution in [1.82, 2.24) is 10.3 Å². The van der Waals surface area contributed by atoms with E-state index in [0.29, 0.717) is 5.82 Å². The van der Waals surface area contributed by atoms with Crippen molar-refractivity contribution in [3.63, 3.8) is 0 Å². The monoisotopic (exact) mass is 243 g/mol. The number of piperazine rings is 1. The van der Waals surface area contributed by atoms with Gasteiger partial charge < -0.3 is 10.2 Å². The fourth-order valence-electron chi connectivity index (χ4n) is 1.67. The molecule has 2 rings (SSSR count). The van der Waals surface area contributed by atoms with Crippen LogP contribution in [0.4, 0.5) is 11.5 Å². The summed E-state index contributed by atoms with van der Waals surface area (Å²) in [6, 6.07) is 3.70. The molecule has 1 aromatic heterocycles. The second kappa shape index (κ2) is 5.77. The SMILES string of the molecule is C[N+](=O)c1ccc(N2CCNCC2)cn1.Cl. The van der Waals surface area contributed by atoms with Gasteiger partial charge in [-0.3, -0.25) is 0 Å². The first-order chi connectivity index (χ1) is 7.27. The molecule has 1 aliphatic rings. The molecule has 5 nitrogen and oxygen atoms in total. The predicted octanol–water partition coefficient (Wildman–Crippen LogP) is 0.953. The van der Waals surface area contributed by atoms with Gasteiger partial charge in [-0.15, -0.1) is 12.4 Å².